The molecule has 0 saturated carbocycles. The standard InChI is InChI=1S/C28H23N3O5S/c1-17-29-30-28(37-17)31-24(20-9-6-10-22(15-20)36-16-18-7-4-3-5-8-18)23(26(33)27(31)34)25(32)19-11-13-21(35-2)14-12-19/h3-15,24,32H,16H2,1-2H3/b25-23+. The molecule has 0 radical (unpaired) electrons. The number of hydrogen-bond donors (Lipinski definition) is 1. The second kappa shape index (κ2) is 10.2. The van der Waals surface area contributed by atoms with E-state index < -0.39 is 17.7 Å². The molecule has 1 saturated heterocycles. The normalized spacial score (nSPS) is 16.7. The molecule has 1 aromatic heterocycles. The summed E-state index contributed by atoms with van der Waals surface area (Å²) in [7, 11) is 1.54. The maximum Gasteiger partial charge on any atom is 0.301 e. The number of nitrogens with zero attached hydrogens (tertiary/aromatic N) is 3. The van der Waals surface area contributed by atoms with E-state index in [2.05, 4.69) is 10.2 Å². The van der Waals surface area contributed by atoms with E-state index in [-0.39, 0.29) is 16.5 Å². The van der Waals surface area contributed by atoms with Crippen LogP contribution in [0, 0.1) is 6.92 Å². The molecule has 1 atom stereocenters. The lowest BCUT2D eigenvalue weighted by atomic mass is 9.95. The molecule has 37 heavy (non-hydrogen) atoms. The number of ketones is 1. The first-order chi connectivity index (χ1) is 18.0. The van der Waals surface area contributed by atoms with Gasteiger partial charge in [0.25, 0.3) is 5.78 Å². The quantitative estimate of drug-likeness (QED) is 0.209. The van der Waals surface area contributed by atoms with Crippen molar-refractivity contribution in [1.82, 2.24) is 10.2 Å². The minimum atomic E-state index is -0.922. The molecule has 2 heterocycles. The number of methoxy groups -OCH3 is 1. The summed E-state index contributed by atoms with van der Waals surface area (Å²) < 4.78 is 11.2. The van der Waals surface area contributed by atoms with E-state index in [4.69, 9.17) is 9.47 Å². The predicted octanol–water partition coefficient (Wildman–Crippen LogP) is 5.06. The number of aliphatic hydroxyl groups is 1. The average molecular weight is 514 g/mol. The van der Waals surface area contributed by atoms with Crippen molar-refractivity contribution in [3.63, 3.8) is 0 Å². The van der Waals surface area contributed by atoms with Gasteiger partial charge in [0.1, 0.15) is 28.9 Å². The van der Waals surface area contributed by atoms with Crippen LogP contribution in [0.2, 0.25) is 0 Å². The summed E-state index contributed by atoms with van der Waals surface area (Å²) in [6.45, 7) is 2.12. The summed E-state index contributed by atoms with van der Waals surface area (Å²) in [5.41, 5.74) is 1.94. The summed E-state index contributed by atoms with van der Waals surface area (Å²) in [5.74, 6) is -0.718. The number of aliphatic hydroxyl groups excluding tert-OH is 1. The van der Waals surface area contributed by atoms with Crippen LogP contribution in [-0.2, 0) is 16.2 Å². The van der Waals surface area contributed by atoms with E-state index in [9.17, 15) is 14.7 Å². The molecule has 8 nitrogen and oxygen atoms in total. The lowest BCUT2D eigenvalue weighted by Crippen LogP contribution is -2.29. The van der Waals surface area contributed by atoms with Gasteiger partial charge in [-0.15, -0.1) is 10.2 Å². The third-order valence-corrected chi connectivity index (χ3v) is 6.79. The van der Waals surface area contributed by atoms with Gasteiger partial charge in [-0.3, -0.25) is 14.5 Å². The Morgan fingerprint density at radius 2 is 1.73 bits per heavy atom. The first-order valence-corrected chi connectivity index (χ1v) is 12.3. The molecular weight excluding hydrogens is 490 g/mol. The number of anilines is 1. The fraction of sp³-hybridized carbons (Fsp3) is 0.143. The largest absolute Gasteiger partial charge is 0.507 e. The van der Waals surface area contributed by atoms with Crippen molar-refractivity contribution in [3.8, 4) is 11.5 Å². The van der Waals surface area contributed by atoms with Gasteiger partial charge in [-0.05, 0) is 54.4 Å². The Kier molecular flexibility index (Phi) is 6.70. The first-order valence-electron chi connectivity index (χ1n) is 11.5. The Bertz CT molecular complexity index is 1480. The topological polar surface area (TPSA) is 102 Å². The van der Waals surface area contributed by atoms with E-state index in [1.54, 1.807) is 55.5 Å². The van der Waals surface area contributed by atoms with Crippen LogP contribution in [-0.4, -0.2) is 34.1 Å². The Labute approximate surface area is 217 Å². The monoisotopic (exact) mass is 513 g/mol. The molecule has 186 valence electrons. The number of Topliss-reactive ketones (excluding diaryl/α,β-unsaturated/α-hetero) is 1. The molecule has 4 aromatic rings. The molecule has 3 aromatic carbocycles. The SMILES string of the molecule is COc1ccc(/C(O)=C2\C(=O)C(=O)N(c3nnc(C)s3)C2c2cccc(OCc3ccccc3)c2)cc1. The number of aromatic nitrogens is 2. The molecule has 1 fully saturated rings. The van der Waals surface area contributed by atoms with Gasteiger partial charge in [0.15, 0.2) is 0 Å². The zero-order chi connectivity index (χ0) is 25.9. The highest BCUT2D eigenvalue weighted by molar-refractivity contribution is 7.15. The third kappa shape index (κ3) is 4.81. The molecule has 1 amide bonds. The number of carbonyl (C=O) groups is 2. The highest BCUT2D eigenvalue weighted by Crippen LogP contribution is 2.43. The maximum atomic E-state index is 13.3. The summed E-state index contributed by atoms with van der Waals surface area (Å²) in [6.07, 6.45) is 0. The molecule has 0 aliphatic carbocycles. The minimum absolute atomic E-state index is 0.0387. The minimum Gasteiger partial charge on any atom is -0.507 e. The van der Waals surface area contributed by atoms with Crippen LogP contribution < -0.4 is 14.4 Å². The molecule has 1 unspecified atom stereocenters. The zero-order valence-corrected chi connectivity index (χ0v) is 20.9. The number of amides is 1. The smallest absolute Gasteiger partial charge is 0.301 e. The number of benzene rings is 3. The summed E-state index contributed by atoms with van der Waals surface area (Å²) in [5, 5.41) is 20.3. The second-order valence-corrected chi connectivity index (χ2v) is 9.51. The highest BCUT2D eigenvalue weighted by atomic mass is 32.1. The van der Waals surface area contributed by atoms with Gasteiger partial charge in [-0.2, -0.15) is 0 Å². The van der Waals surface area contributed by atoms with Crippen molar-refractivity contribution in [2.24, 2.45) is 0 Å². The van der Waals surface area contributed by atoms with Crippen molar-refractivity contribution < 1.29 is 24.2 Å². The Morgan fingerprint density at radius 3 is 2.41 bits per heavy atom. The van der Waals surface area contributed by atoms with Gasteiger partial charge in [0.05, 0.1) is 18.7 Å². The van der Waals surface area contributed by atoms with Crippen LogP contribution in [0.25, 0.3) is 5.76 Å². The molecular formula is C28H23N3O5S. The number of aryl methyl sites for hydroxylation is 1. The Balaban J connectivity index is 1.59. The van der Waals surface area contributed by atoms with Crippen molar-refractivity contribution >= 4 is 33.9 Å². The van der Waals surface area contributed by atoms with E-state index in [1.165, 1.54) is 23.3 Å². The van der Waals surface area contributed by atoms with Crippen LogP contribution >= 0.6 is 11.3 Å². The predicted molar refractivity (Wildman–Crippen MR) is 140 cm³/mol. The molecule has 1 N–H and O–H groups in total. The van der Waals surface area contributed by atoms with Crippen LogP contribution in [0.3, 0.4) is 0 Å². The van der Waals surface area contributed by atoms with Crippen molar-refractivity contribution in [2.45, 2.75) is 19.6 Å². The summed E-state index contributed by atoms with van der Waals surface area (Å²) in [6, 6.07) is 22.6. The van der Waals surface area contributed by atoms with Gasteiger partial charge in [0, 0.05) is 5.56 Å². The molecule has 5 rings (SSSR count). The maximum absolute atomic E-state index is 13.3. The van der Waals surface area contributed by atoms with Crippen molar-refractivity contribution in [2.75, 3.05) is 12.0 Å². The van der Waals surface area contributed by atoms with Gasteiger partial charge < -0.3 is 14.6 Å². The van der Waals surface area contributed by atoms with Gasteiger partial charge in [0.2, 0.25) is 5.13 Å². The first kappa shape index (κ1) is 24.2. The van der Waals surface area contributed by atoms with Crippen molar-refractivity contribution in [3.05, 3.63) is 106 Å². The van der Waals surface area contributed by atoms with Crippen LogP contribution in [0.5, 0.6) is 11.5 Å². The van der Waals surface area contributed by atoms with Gasteiger partial charge >= 0.3 is 5.91 Å². The van der Waals surface area contributed by atoms with Crippen LogP contribution in [0.15, 0.2) is 84.4 Å². The van der Waals surface area contributed by atoms with Gasteiger partial charge in [-0.25, -0.2) is 0 Å². The van der Waals surface area contributed by atoms with E-state index >= 15 is 0 Å². The molecule has 0 bridgehead atoms. The van der Waals surface area contributed by atoms with Gasteiger partial charge in [-0.1, -0.05) is 53.8 Å². The fourth-order valence-corrected chi connectivity index (χ4v) is 4.86. The lowest BCUT2D eigenvalue weighted by Gasteiger charge is -2.23. The lowest BCUT2D eigenvalue weighted by molar-refractivity contribution is -0.132. The van der Waals surface area contributed by atoms with E-state index in [0.717, 1.165) is 5.56 Å². The summed E-state index contributed by atoms with van der Waals surface area (Å²) >= 11 is 1.19. The second-order valence-electron chi connectivity index (χ2n) is 8.35. The van der Waals surface area contributed by atoms with Crippen LogP contribution in [0.1, 0.15) is 27.7 Å². The fourth-order valence-electron chi connectivity index (χ4n) is 4.15. The zero-order valence-electron chi connectivity index (χ0n) is 20.1. The number of carbonyl (C=O) groups excluding carboxylic acids is 2. The molecule has 1 aliphatic rings. The highest BCUT2D eigenvalue weighted by Gasteiger charge is 2.48. The van der Waals surface area contributed by atoms with Crippen molar-refractivity contribution in [1.29, 1.82) is 0 Å². The molecule has 0 spiro atoms. The number of hydrogen-bond acceptors (Lipinski definition) is 8. The Hall–Kier alpha value is -4.50. The summed E-state index contributed by atoms with van der Waals surface area (Å²) in [4.78, 5) is 27.9. The average Bonchev–Trinajstić information content (AvgIpc) is 3.48. The molecule has 1 aliphatic heterocycles. The van der Waals surface area contributed by atoms with E-state index in [1.807, 2.05) is 30.3 Å². The van der Waals surface area contributed by atoms with Crippen LogP contribution in [0.4, 0.5) is 5.13 Å². The van der Waals surface area contributed by atoms with E-state index in [0.29, 0.717) is 34.2 Å². The third-order valence-electron chi connectivity index (χ3n) is 5.95. The number of rotatable bonds is 7. The Morgan fingerprint density at radius 1 is 0.973 bits per heavy atom. The molecule has 9 heteroatoms. The number of ether oxygens (including phenoxy) is 2.